The van der Waals surface area contributed by atoms with E-state index in [1.165, 1.54) is 6.26 Å². The van der Waals surface area contributed by atoms with Gasteiger partial charge in [0.2, 0.25) is 5.91 Å². The van der Waals surface area contributed by atoms with Crippen molar-refractivity contribution in [2.24, 2.45) is 5.41 Å². The van der Waals surface area contributed by atoms with Crippen LogP contribution in [0.25, 0.3) is 0 Å². The number of hydrogen-bond donors (Lipinski definition) is 2. The summed E-state index contributed by atoms with van der Waals surface area (Å²) in [7, 11) is 0. The Hall–Kier alpha value is -1.82. The van der Waals surface area contributed by atoms with Gasteiger partial charge in [0.05, 0.1) is 12.4 Å². The zero-order chi connectivity index (χ0) is 16.9. The van der Waals surface area contributed by atoms with E-state index in [1.807, 2.05) is 6.92 Å². The smallest absolute Gasteiger partial charge is 0.286 e. The molecule has 6 heteroatoms. The maximum atomic E-state index is 12.0. The third-order valence-electron chi connectivity index (χ3n) is 4.49. The van der Waals surface area contributed by atoms with E-state index in [9.17, 15) is 9.59 Å². The Morgan fingerprint density at radius 2 is 2.22 bits per heavy atom. The van der Waals surface area contributed by atoms with E-state index >= 15 is 0 Å². The Balaban J connectivity index is 1.62. The van der Waals surface area contributed by atoms with Crippen molar-refractivity contribution in [1.82, 2.24) is 10.6 Å². The molecule has 1 aromatic heterocycles. The monoisotopic (exact) mass is 322 g/mol. The van der Waals surface area contributed by atoms with Gasteiger partial charge in [-0.2, -0.15) is 0 Å². The van der Waals surface area contributed by atoms with Gasteiger partial charge in [-0.05, 0) is 31.9 Å². The number of hydrogen-bond acceptors (Lipinski definition) is 4. The van der Waals surface area contributed by atoms with Crippen LogP contribution < -0.4 is 10.6 Å². The molecule has 1 heterocycles. The first-order valence-corrected chi connectivity index (χ1v) is 8.17. The van der Waals surface area contributed by atoms with E-state index in [-0.39, 0.29) is 35.1 Å². The lowest BCUT2D eigenvalue weighted by molar-refractivity contribution is -0.136. The van der Waals surface area contributed by atoms with Crippen LogP contribution in [0.4, 0.5) is 0 Å². The van der Waals surface area contributed by atoms with Gasteiger partial charge in [0.25, 0.3) is 5.91 Å². The third-order valence-corrected chi connectivity index (χ3v) is 4.49. The zero-order valence-electron chi connectivity index (χ0n) is 14.1. The number of rotatable bonds is 8. The van der Waals surface area contributed by atoms with Crippen LogP contribution >= 0.6 is 0 Å². The van der Waals surface area contributed by atoms with Gasteiger partial charge in [0.15, 0.2) is 5.76 Å². The van der Waals surface area contributed by atoms with Gasteiger partial charge in [-0.1, -0.05) is 13.8 Å². The summed E-state index contributed by atoms with van der Waals surface area (Å²) < 4.78 is 10.7. The van der Waals surface area contributed by atoms with E-state index in [1.54, 1.807) is 12.1 Å². The van der Waals surface area contributed by atoms with Crippen LogP contribution in [0, 0.1) is 5.41 Å². The van der Waals surface area contributed by atoms with Gasteiger partial charge in [-0.25, -0.2) is 0 Å². The van der Waals surface area contributed by atoms with Crippen LogP contribution in [0.1, 0.15) is 50.6 Å². The molecule has 128 valence electrons. The number of nitrogens with one attached hydrogen (secondary N) is 2. The quantitative estimate of drug-likeness (QED) is 0.718. The number of carbonyl (C=O) groups excluding carboxylic acids is 2. The molecule has 0 bridgehead atoms. The van der Waals surface area contributed by atoms with Gasteiger partial charge < -0.3 is 19.8 Å². The SMILES string of the molecule is CCO[C@H]1C[C@H](NC(=O)CCCNC(=O)c2ccco2)C1(C)C. The van der Waals surface area contributed by atoms with E-state index in [2.05, 4.69) is 24.5 Å². The average molecular weight is 322 g/mol. The van der Waals surface area contributed by atoms with Gasteiger partial charge in [0, 0.05) is 31.0 Å². The summed E-state index contributed by atoms with van der Waals surface area (Å²) in [5.41, 5.74) is -0.0286. The van der Waals surface area contributed by atoms with Crippen LogP contribution in [-0.2, 0) is 9.53 Å². The summed E-state index contributed by atoms with van der Waals surface area (Å²) in [4.78, 5) is 23.6. The van der Waals surface area contributed by atoms with Crippen LogP contribution in [-0.4, -0.2) is 37.1 Å². The van der Waals surface area contributed by atoms with Crippen molar-refractivity contribution in [2.45, 2.75) is 52.2 Å². The van der Waals surface area contributed by atoms with Crippen LogP contribution in [0.15, 0.2) is 22.8 Å². The molecule has 1 aliphatic rings. The average Bonchev–Trinajstić information content (AvgIpc) is 3.05. The van der Waals surface area contributed by atoms with E-state index < -0.39 is 0 Å². The lowest BCUT2D eigenvalue weighted by Gasteiger charge is -2.51. The van der Waals surface area contributed by atoms with Crippen LogP contribution in [0.5, 0.6) is 0 Å². The molecule has 0 radical (unpaired) electrons. The van der Waals surface area contributed by atoms with Crippen molar-refractivity contribution in [3.8, 4) is 0 Å². The fourth-order valence-corrected chi connectivity index (χ4v) is 2.83. The predicted octanol–water partition coefficient (Wildman–Crippen LogP) is 2.11. The van der Waals surface area contributed by atoms with Gasteiger partial charge in [0.1, 0.15) is 0 Å². The van der Waals surface area contributed by atoms with Gasteiger partial charge in [-0.15, -0.1) is 0 Å². The topological polar surface area (TPSA) is 80.6 Å². The van der Waals surface area contributed by atoms with Crippen molar-refractivity contribution < 1.29 is 18.7 Å². The van der Waals surface area contributed by atoms with Gasteiger partial charge in [-0.3, -0.25) is 9.59 Å². The largest absolute Gasteiger partial charge is 0.459 e. The van der Waals surface area contributed by atoms with Crippen molar-refractivity contribution in [3.05, 3.63) is 24.2 Å². The number of furan rings is 1. The van der Waals surface area contributed by atoms with Crippen molar-refractivity contribution in [2.75, 3.05) is 13.2 Å². The fraction of sp³-hybridized carbons (Fsp3) is 0.647. The first-order chi connectivity index (χ1) is 10.9. The highest BCUT2D eigenvalue weighted by atomic mass is 16.5. The number of amides is 2. The second kappa shape index (κ2) is 7.64. The molecule has 1 aliphatic carbocycles. The minimum absolute atomic E-state index is 0.0188. The number of ether oxygens (including phenoxy) is 1. The molecule has 1 fully saturated rings. The molecule has 0 saturated heterocycles. The summed E-state index contributed by atoms with van der Waals surface area (Å²) in [6.07, 6.45) is 3.52. The second-order valence-corrected chi connectivity index (χ2v) is 6.46. The Bertz CT molecular complexity index is 525. The Morgan fingerprint density at radius 3 is 2.83 bits per heavy atom. The third kappa shape index (κ3) is 4.34. The predicted molar refractivity (Wildman–Crippen MR) is 86.0 cm³/mol. The first kappa shape index (κ1) is 17.5. The Morgan fingerprint density at radius 1 is 1.43 bits per heavy atom. The van der Waals surface area contributed by atoms with E-state index in [4.69, 9.17) is 9.15 Å². The fourth-order valence-electron chi connectivity index (χ4n) is 2.83. The standard InChI is InChI=1S/C17H26N2O4/c1-4-22-14-11-13(17(14,2)3)19-15(20)8-5-9-18-16(21)12-7-6-10-23-12/h6-7,10,13-14H,4-5,8-9,11H2,1-3H3,(H,18,21)(H,19,20)/t13-,14-/m0/s1. The Kier molecular flexibility index (Phi) is 5.82. The van der Waals surface area contributed by atoms with E-state index in [0.717, 1.165) is 6.42 Å². The van der Waals surface area contributed by atoms with Crippen molar-refractivity contribution in [3.63, 3.8) is 0 Å². The highest BCUT2D eigenvalue weighted by molar-refractivity contribution is 5.91. The van der Waals surface area contributed by atoms with Gasteiger partial charge >= 0.3 is 0 Å². The first-order valence-electron chi connectivity index (χ1n) is 8.17. The molecule has 6 nitrogen and oxygen atoms in total. The maximum absolute atomic E-state index is 12.0. The second-order valence-electron chi connectivity index (χ2n) is 6.46. The molecule has 23 heavy (non-hydrogen) atoms. The molecule has 2 rings (SSSR count). The molecule has 1 aromatic rings. The van der Waals surface area contributed by atoms with Crippen LogP contribution in [0.2, 0.25) is 0 Å². The molecule has 2 amide bonds. The highest BCUT2D eigenvalue weighted by Crippen LogP contribution is 2.42. The molecule has 0 aromatic carbocycles. The number of carbonyl (C=O) groups is 2. The van der Waals surface area contributed by atoms with Crippen molar-refractivity contribution in [1.29, 1.82) is 0 Å². The molecule has 0 unspecified atom stereocenters. The molecule has 1 saturated carbocycles. The molecule has 0 spiro atoms. The summed E-state index contributed by atoms with van der Waals surface area (Å²) in [5, 5.41) is 5.79. The minimum atomic E-state index is -0.255. The van der Waals surface area contributed by atoms with Crippen LogP contribution in [0.3, 0.4) is 0 Å². The lowest BCUT2D eigenvalue weighted by atomic mass is 9.64. The lowest BCUT2D eigenvalue weighted by Crippen LogP contribution is -2.62. The molecular weight excluding hydrogens is 296 g/mol. The van der Waals surface area contributed by atoms with E-state index in [0.29, 0.717) is 26.0 Å². The summed E-state index contributed by atoms with van der Waals surface area (Å²) >= 11 is 0. The normalized spacial score (nSPS) is 22.2. The summed E-state index contributed by atoms with van der Waals surface area (Å²) in [6.45, 7) is 7.36. The zero-order valence-corrected chi connectivity index (χ0v) is 14.1. The molecule has 0 aliphatic heterocycles. The highest BCUT2D eigenvalue weighted by Gasteiger charge is 2.49. The minimum Gasteiger partial charge on any atom is -0.459 e. The molecular formula is C17H26N2O4. The molecule has 2 N–H and O–H groups in total. The summed E-state index contributed by atoms with van der Waals surface area (Å²) in [6, 6.07) is 3.43. The Labute approximate surface area is 137 Å². The summed E-state index contributed by atoms with van der Waals surface area (Å²) in [5.74, 6) is 0.0491. The molecule has 2 atom stereocenters. The van der Waals surface area contributed by atoms with Crippen molar-refractivity contribution >= 4 is 11.8 Å². The maximum Gasteiger partial charge on any atom is 0.286 e.